The smallest absolute Gasteiger partial charge is 0.175 e. The first-order valence-corrected chi connectivity index (χ1v) is 7.37. The fraction of sp³-hybridized carbons (Fsp3) is 0.0769. The lowest BCUT2D eigenvalue weighted by molar-refractivity contribution is 0.112. The standard InChI is InChI=1S/C13H12N2O3S/c1-19(17,18)12-6-2-5-11(8-12)15-13-10(9-16)4-3-7-14-13/h2-9H,1H3,(H,14,15). The van der Waals surface area contributed by atoms with E-state index >= 15 is 0 Å². The molecule has 0 aliphatic heterocycles. The zero-order valence-electron chi connectivity index (χ0n) is 10.2. The molecule has 2 aromatic rings. The van der Waals surface area contributed by atoms with Crippen LogP contribution in [-0.2, 0) is 9.84 Å². The molecule has 0 radical (unpaired) electrons. The highest BCUT2D eigenvalue weighted by Crippen LogP contribution is 2.20. The maximum absolute atomic E-state index is 11.5. The van der Waals surface area contributed by atoms with Gasteiger partial charge in [-0.1, -0.05) is 6.07 Å². The fourth-order valence-corrected chi connectivity index (χ4v) is 2.23. The van der Waals surface area contributed by atoms with E-state index in [9.17, 15) is 13.2 Å². The maximum Gasteiger partial charge on any atom is 0.175 e. The number of aromatic nitrogens is 1. The first kappa shape index (κ1) is 13.2. The number of nitrogens with zero attached hydrogens (tertiary/aromatic N) is 1. The van der Waals surface area contributed by atoms with Gasteiger partial charge in [-0.05, 0) is 30.3 Å². The third-order valence-electron chi connectivity index (χ3n) is 2.49. The number of nitrogens with one attached hydrogen (secondary N) is 1. The molecule has 0 atom stereocenters. The zero-order valence-corrected chi connectivity index (χ0v) is 11.0. The lowest BCUT2D eigenvalue weighted by atomic mass is 10.2. The van der Waals surface area contributed by atoms with Crippen LogP contribution in [0.4, 0.5) is 11.5 Å². The van der Waals surface area contributed by atoms with Crippen LogP contribution in [0.2, 0.25) is 0 Å². The number of carbonyl (C=O) groups excluding carboxylic acids is 1. The van der Waals surface area contributed by atoms with Crippen LogP contribution in [0, 0.1) is 0 Å². The summed E-state index contributed by atoms with van der Waals surface area (Å²) in [4.78, 5) is 15.1. The largest absolute Gasteiger partial charge is 0.340 e. The van der Waals surface area contributed by atoms with Gasteiger partial charge in [0.25, 0.3) is 0 Å². The molecule has 1 aromatic heterocycles. The maximum atomic E-state index is 11.5. The van der Waals surface area contributed by atoms with Crippen molar-refractivity contribution in [1.29, 1.82) is 0 Å². The van der Waals surface area contributed by atoms with Gasteiger partial charge in [0, 0.05) is 18.1 Å². The number of carbonyl (C=O) groups is 1. The molecule has 1 aromatic carbocycles. The van der Waals surface area contributed by atoms with E-state index in [2.05, 4.69) is 10.3 Å². The van der Waals surface area contributed by atoms with Gasteiger partial charge >= 0.3 is 0 Å². The van der Waals surface area contributed by atoms with Crippen molar-refractivity contribution in [3.8, 4) is 0 Å². The summed E-state index contributed by atoms with van der Waals surface area (Å²) in [6, 6.07) is 9.63. The first-order chi connectivity index (χ1) is 9.00. The SMILES string of the molecule is CS(=O)(=O)c1cccc(Nc2ncccc2C=O)c1. The molecule has 1 heterocycles. The highest BCUT2D eigenvalue weighted by molar-refractivity contribution is 7.90. The third-order valence-corrected chi connectivity index (χ3v) is 3.60. The molecule has 0 aliphatic carbocycles. The summed E-state index contributed by atoms with van der Waals surface area (Å²) in [6.45, 7) is 0. The predicted octanol–water partition coefficient (Wildman–Crippen LogP) is 2.04. The van der Waals surface area contributed by atoms with Crippen LogP contribution < -0.4 is 5.32 Å². The quantitative estimate of drug-likeness (QED) is 0.865. The number of pyridine rings is 1. The van der Waals surface area contributed by atoms with Gasteiger partial charge < -0.3 is 5.32 Å². The number of hydrogen-bond donors (Lipinski definition) is 1. The van der Waals surface area contributed by atoms with E-state index in [0.29, 0.717) is 23.4 Å². The lowest BCUT2D eigenvalue weighted by Crippen LogP contribution is -2.01. The van der Waals surface area contributed by atoms with Crippen LogP contribution in [0.3, 0.4) is 0 Å². The topological polar surface area (TPSA) is 76.1 Å². The molecule has 0 bridgehead atoms. The fourth-order valence-electron chi connectivity index (χ4n) is 1.56. The summed E-state index contributed by atoms with van der Waals surface area (Å²) in [7, 11) is -3.26. The van der Waals surface area contributed by atoms with Crippen molar-refractivity contribution in [3.05, 3.63) is 48.2 Å². The number of anilines is 2. The van der Waals surface area contributed by atoms with Crippen LogP contribution in [0.15, 0.2) is 47.5 Å². The van der Waals surface area contributed by atoms with Crippen molar-refractivity contribution < 1.29 is 13.2 Å². The molecule has 2 rings (SSSR count). The first-order valence-electron chi connectivity index (χ1n) is 5.48. The minimum absolute atomic E-state index is 0.209. The van der Waals surface area contributed by atoms with Gasteiger partial charge in [-0.3, -0.25) is 4.79 Å². The van der Waals surface area contributed by atoms with Crippen molar-refractivity contribution in [1.82, 2.24) is 4.98 Å². The average Bonchev–Trinajstić information content (AvgIpc) is 2.39. The molecule has 5 nitrogen and oxygen atoms in total. The Labute approximate surface area is 111 Å². The Kier molecular flexibility index (Phi) is 3.62. The van der Waals surface area contributed by atoms with Crippen LogP contribution in [-0.4, -0.2) is 25.9 Å². The number of aldehydes is 1. The van der Waals surface area contributed by atoms with Gasteiger partial charge in [-0.25, -0.2) is 13.4 Å². The summed E-state index contributed by atoms with van der Waals surface area (Å²) >= 11 is 0. The van der Waals surface area contributed by atoms with Crippen LogP contribution in [0.25, 0.3) is 0 Å². The molecule has 0 fully saturated rings. The molecule has 0 unspecified atom stereocenters. The van der Waals surface area contributed by atoms with Crippen molar-refractivity contribution in [2.75, 3.05) is 11.6 Å². The molecular formula is C13H12N2O3S. The predicted molar refractivity (Wildman–Crippen MR) is 72.5 cm³/mol. The number of hydrogen-bond acceptors (Lipinski definition) is 5. The molecule has 0 aliphatic rings. The summed E-state index contributed by atoms with van der Waals surface area (Å²) in [5.74, 6) is 0.392. The van der Waals surface area contributed by atoms with Gasteiger partial charge in [0.15, 0.2) is 16.1 Å². The highest BCUT2D eigenvalue weighted by Gasteiger charge is 2.08. The molecule has 98 valence electrons. The normalized spacial score (nSPS) is 11.0. The Hall–Kier alpha value is -2.21. The summed E-state index contributed by atoms with van der Waals surface area (Å²) in [5, 5.41) is 2.93. The second kappa shape index (κ2) is 5.19. The summed E-state index contributed by atoms with van der Waals surface area (Å²) < 4.78 is 22.9. The minimum Gasteiger partial charge on any atom is -0.340 e. The average molecular weight is 276 g/mol. The molecule has 0 saturated carbocycles. The number of benzene rings is 1. The van der Waals surface area contributed by atoms with Gasteiger partial charge in [0.1, 0.15) is 5.82 Å². The van der Waals surface area contributed by atoms with Gasteiger partial charge in [0.2, 0.25) is 0 Å². The summed E-state index contributed by atoms with van der Waals surface area (Å²) in [5.41, 5.74) is 0.969. The van der Waals surface area contributed by atoms with E-state index in [1.165, 1.54) is 12.1 Å². The van der Waals surface area contributed by atoms with Crippen LogP contribution in [0.1, 0.15) is 10.4 Å². The van der Waals surface area contributed by atoms with E-state index in [-0.39, 0.29) is 4.90 Å². The lowest BCUT2D eigenvalue weighted by Gasteiger charge is -2.08. The number of sulfone groups is 1. The highest BCUT2D eigenvalue weighted by atomic mass is 32.2. The second-order valence-corrected chi connectivity index (χ2v) is 6.00. The summed E-state index contributed by atoms with van der Waals surface area (Å²) in [6.07, 6.45) is 3.38. The monoisotopic (exact) mass is 276 g/mol. The molecular weight excluding hydrogens is 264 g/mol. The van der Waals surface area contributed by atoms with E-state index in [1.807, 2.05) is 0 Å². The van der Waals surface area contributed by atoms with E-state index in [0.717, 1.165) is 6.26 Å². The molecule has 6 heteroatoms. The van der Waals surface area contributed by atoms with E-state index in [4.69, 9.17) is 0 Å². The van der Waals surface area contributed by atoms with Gasteiger partial charge in [0.05, 0.1) is 10.5 Å². The molecule has 1 N–H and O–H groups in total. The molecule has 19 heavy (non-hydrogen) atoms. The van der Waals surface area contributed by atoms with E-state index < -0.39 is 9.84 Å². The van der Waals surface area contributed by atoms with Crippen LogP contribution in [0.5, 0.6) is 0 Å². The number of rotatable bonds is 4. The minimum atomic E-state index is -3.26. The van der Waals surface area contributed by atoms with E-state index in [1.54, 1.807) is 30.5 Å². The second-order valence-electron chi connectivity index (χ2n) is 3.98. The van der Waals surface area contributed by atoms with Crippen molar-refractivity contribution in [3.63, 3.8) is 0 Å². The van der Waals surface area contributed by atoms with Crippen molar-refractivity contribution >= 4 is 27.6 Å². The third kappa shape index (κ3) is 3.17. The van der Waals surface area contributed by atoms with Gasteiger partial charge in [-0.15, -0.1) is 0 Å². The molecule has 0 spiro atoms. The zero-order chi connectivity index (χ0) is 13.9. The van der Waals surface area contributed by atoms with Crippen molar-refractivity contribution in [2.45, 2.75) is 4.90 Å². The Morgan fingerprint density at radius 1 is 1.21 bits per heavy atom. The Morgan fingerprint density at radius 2 is 2.00 bits per heavy atom. The molecule has 0 amide bonds. The Balaban J connectivity index is 2.37. The Morgan fingerprint density at radius 3 is 2.68 bits per heavy atom. The van der Waals surface area contributed by atoms with Crippen molar-refractivity contribution in [2.24, 2.45) is 0 Å². The van der Waals surface area contributed by atoms with Crippen LogP contribution >= 0.6 is 0 Å². The molecule has 0 saturated heterocycles. The van der Waals surface area contributed by atoms with Gasteiger partial charge in [-0.2, -0.15) is 0 Å². The Bertz CT molecular complexity index is 711.